The second-order valence-corrected chi connectivity index (χ2v) is 7.05. The highest BCUT2D eigenvalue weighted by molar-refractivity contribution is 5.76. The average Bonchev–Trinajstić information content (AvgIpc) is 2.62. The van der Waals surface area contributed by atoms with Crippen molar-refractivity contribution in [3.05, 3.63) is 64.2 Å². The topological polar surface area (TPSA) is 69.4 Å². The quantitative estimate of drug-likeness (QED) is 0.283. The second kappa shape index (κ2) is 8.61. The molecule has 5 nitrogen and oxygen atoms in total. The minimum atomic E-state index is -0.596. The van der Waals surface area contributed by atoms with Crippen LogP contribution < -0.4 is 0 Å². The molecule has 0 heterocycles. The zero-order valence-corrected chi connectivity index (χ0v) is 15.5. The van der Waals surface area contributed by atoms with Crippen LogP contribution in [0.4, 0.5) is 5.69 Å². The Morgan fingerprint density at radius 3 is 2.42 bits per heavy atom. The Balaban J connectivity index is 2.08. The Morgan fingerprint density at radius 1 is 1.12 bits per heavy atom. The average molecular weight is 355 g/mol. The summed E-state index contributed by atoms with van der Waals surface area (Å²) in [7, 11) is 0. The van der Waals surface area contributed by atoms with Gasteiger partial charge in [0.25, 0.3) is 5.69 Å². The van der Waals surface area contributed by atoms with Crippen LogP contribution in [-0.4, -0.2) is 17.5 Å². The van der Waals surface area contributed by atoms with E-state index in [9.17, 15) is 14.9 Å². The van der Waals surface area contributed by atoms with Gasteiger partial charge in [0, 0.05) is 12.1 Å². The van der Waals surface area contributed by atoms with Gasteiger partial charge >= 0.3 is 5.97 Å². The maximum absolute atomic E-state index is 12.2. The molecule has 0 N–H and O–H groups in total. The number of nitro benzene ring substituents is 1. The van der Waals surface area contributed by atoms with Crippen molar-refractivity contribution >= 4 is 11.7 Å². The zero-order valence-electron chi connectivity index (χ0n) is 15.5. The summed E-state index contributed by atoms with van der Waals surface area (Å²) in [5.74, 6) is -0.186. The summed E-state index contributed by atoms with van der Waals surface area (Å²) in [4.78, 5) is 22.8. The van der Waals surface area contributed by atoms with E-state index in [1.54, 1.807) is 12.1 Å². The molecule has 0 aromatic heterocycles. The van der Waals surface area contributed by atoms with Gasteiger partial charge in [0.05, 0.1) is 16.9 Å². The van der Waals surface area contributed by atoms with Gasteiger partial charge in [-0.05, 0) is 43.4 Å². The van der Waals surface area contributed by atoms with Gasteiger partial charge in [0.15, 0.2) is 0 Å². The van der Waals surface area contributed by atoms with Crippen molar-refractivity contribution in [1.29, 1.82) is 0 Å². The number of ether oxygens (including phenoxy) is 1. The lowest BCUT2D eigenvalue weighted by Crippen LogP contribution is -2.29. The number of hydrogen-bond acceptors (Lipinski definition) is 4. The highest BCUT2D eigenvalue weighted by Gasteiger charge is 2.29. The summed E-state index contributed by atoms with van der Waals surface area (Å²) in [6, 6.07) is 14.3. The first kappa shape index (κ1) is 19.6. The molecular formula is C21H25NO4. The van der Waals surface area contributed by atoms with E-state index < -0.39 is 10.3 Å². The number of hydrogen-bond donors (Lipinski definition) is 0. The minimum Gasteiger partial charge on any atom is -0.465 e. The zero-order chi connectivity index (χ0) is 19.2. The molecule has 0 aliphatic carbocycles. The van der Waals surface area contributed by atoms with Crippen LogP contribution in [0.1, 0.15) is 39.2 Å². The minimum absolute atomic E-state index is 0.0718. The van der Waals surface area contributed by atoms with Crippen LogP contribution in [0.15, 0.2) is 48.5 Å². The van der Waals surface area contributed by atoms with Gasteiger partial charge in [0.2, 0.25) is 0 Å². The monoisotopic (exact) mass is 355 g/mol. The van der Waals surface area contributed by atoms with Gasteiger partial charge in [-0.25, -0.2) is 0 Å². The van der Waals surface area contributed by atoms with Crippen LogP contribution in [0.2, 0.25) is 0 Å². The molecule has 0 unspecified atom stereocenters. The molecule has 0 amide bonds. The van der Waals surface area contributed by atoms with E-state index in [4.69, 9.17) is 4.74 Å². The van der Waals surface area contributed by atoms with Crippen LogP contribution >= 0.6 is 0 Å². The normalized spacial score (nSPS) is 11.2. The summed E-state index contributed by atoms with van der Waals surface area (Å²) in [6.07, 6.45) is 2.44. The molecule has 2 rings (SSSR count). The lowest BCUT2D eigenvalue weighted by Gasteiger charge is -2.22. The molecule has 0 aliphatic heterocycles. The summed E-state index contributed by atoms with van der Waals surface area (Å²) in [6.45, 7) is 6.29. The smallest absolute Gasteiger partial charge is 0.311 e. The lowest BCUT2D eigenvalue weighted by molar-refractivity contribution is -0.384. The van der Waals surface area contributed by atoms with E-state index in [-0.39, 0.29) is 11.7 Å². The fraction of sp³-hybridized carbons (Fsp3) is 0.381. The molecule has 0 saturated carbocycles. The highest BCUT2D eigenvalue weighted by Crippen LogP contribution is 2.27. The van der Waals surface area contributed by atoms with Gasteiger partial charge in [0.1, 0.15) is 0 Å². The molecule has 2 aromatic rings. The van der Waals surface area contributed by atoms with Crippen LogP contribution in [0.5, 0.6) is 0 Å². The van der Waals surface area contributed by atoms with Crippen LogP contribution in [0.25, 0.3) is 11.1 Å². The predicted molar refractivity (Wildman–Crippen MR) is 102 cm³/mol. The van der Waals surface area contributed by atoms with E-state index in [1.807, 2.05) is 44.2 Å². The van der Waals surface area contributed by atoms with Crippen molar-refractivity contribution in [2.45, 2.75) is 40.0 Å². The lowest BCUT2D eigenvalue weighted by atomic mass is 9.85. The standard InChI is InChI=1S/C21H25NO4/c1-4-5-13-26-20(23)21(2,3)15-16-9-11-17(12-10-16)18-7-6-8-19(14-18)22(24)25/h6-12,14H,4-5,13,15H2,1-3H3. The van der Waals surface area contributed by atoms with Crippen molar-refractivity contribution in [3.63, 3.8) is 0 Å². The SMILES string of the molecule is CCCCOC(=O)C(C)(C)Cc1ccc(-c2cccc([N+](=O)[O-])c2)cc1. The number of unbranched alkanes of at least 4 members (excludes halogenated alkanes) is 1. The molecule has 0 radical (unpaired) electrons. The fourth-order valence-electron chi connectivity index (χ4n) is 2.70. The molecule has 2 aromatic carbocycles. The largest absolute Gasteiger partial charge is 0.465 e. The number of nitro groups is 1. The summed E-state index contributed by atoms with van der Waals surface area (Å²) < 4.78 is 5.35. The molecule has 0 fully saturated rings. The van der Waals surface area contributed by atoms with Crippen LogP contribution in [0.3, 0.4) is 0 Å². The van der Waals surface area contributed by atoms with Crippen LogP contribution in [-0.2, 0) is 16.0 Å². The number of non-ortho nitro benzene ring substituents is 1. The third-order valence-electron chi connectivity index (χ3n) is 4.27. The number of nitrogens with zero attached hydrogens (tertiary/aromatic N) is 1. The van der Waals surface area contributed by atoms with Crippen molar-refractivity contribution in [2.75, 3.05) is 6.61 Å². The van der Waals surface area contributed by atoms with Gasteiger partial charge < -0.3 is 4.74 Å². The Kier molecular flexibility index (Phi) is 6.50. The van der Waals surface area contributed by atoms with E-state index >= 15 is 0 Å². The third kappa shape index (κ3) is 5.15. The van der Waals surface area contributed by atoms with Crippen molar-refractivity contribution < 1.29 is 14.5 Å². The summed E-state index contributed by atoms with van der Waals surface area (Å²) in [5.41, 5.74) is 2.20. The Hall–Kier alpha value is -2.69. The molecule has 0 bridgehead atoms. The van der Waals surface area contributed by atoms with Crippen molar-refractivity contribution in [2.24, 2.45) is 5.41 Å². The van der Waals surface area contributed by atoms with E-state index in [0.717, 1.165) is 29.5 Å². The number of esters is 1. The van der Waals surface area contributed by atoms with Gasteiger partial charge in [-0.15, -0.1) is 0 Å². The Bertz CT molecular complexity index is 766. The highest BCUT2D eigenvalue weighted by atomic mass is 16.6. The molecule has 138 valence electrons. The van der Waals surface area contributed by atoms with Gasteiger partial charge in [-0.3, -0.25) is 14.9 Å². The second-order valence-electron chi connectivity index (χ2n) is 7.05. The fourth-order valence-corrected chi connectivity index (χ4v) is 2.70. The molecule has 0 spiro atoms. The first-order valence-electron chi connectivity index (χ1n) is 8.84. The maximum atomic E-state index is 12.2. The Morgan fingerprint density at radius 2 is 1.81 bits per heavy atom. The molecular weight excluding hydrogens is 330 g/mol. The number of rotatable bonds is 8. The molecule has 0 atom stereocenters. The first-order chi connectivity index (χ1) is 12.3. The van der Waals surface area contributed by atoms with E-state index in [2.05, 4.69) is 6.92 Å². The number of carbonyl (C=O) groups is 1. The summed E-state index contributed by atoms with van der Waals surface area (Å²) in [5, 5.41) is 10.9. The predicted octanol–water partition coefficient (Wildman–Crippen LogP) is 5.17. The summed E-state index contributed by atoms with van der Waals surface area (Å²) >= 11 is 0. The number of benzene rings is 2. The van der Waals surface area contributed by atoms with E-state index in [1.165, 1.54) is 6.07 Å². The van der Waals surface area contributed by atoms with Crippen molar-refractivity contribution in [3.8, 4) is 11.1 Å². The van der Waals surface area contributed by atoms with Gasteiger partial charge in [-0.2, -0.15) is 0 Å². The molecule has 0 saturated heterocycles. The third-order valence-corrected chi connectivity index (χ3v) is 4.27. The molecule has 5 heteroatoms. The number of carbonyl (C=O) groups excluding carboxylic acids is 1. The van der Waals surface area contributed by atoms with Crippen LogP contribution in [0, 0.1) is 15.5 Å². The van der Waals surface area contributed by atoms with Gasteiger partial charge in [-0.1, -0.05) is 49.7 Å². The molecule has 0 aliphatic rings. The van der Waals surface area contributed by atoms with E-state index in [0.29, 0.717) is 13.0 Å². The first-order valence-corrected chi connectivity index (χ1v) is 8.84. The molecule has 26 heavy (non-hydrogen) atoms. The Labute approximate surface area is 154 Å². The van der Waals surface area contributed by atoms with Crippen molar-refractivity contribution in [1.82, 2.24) is 0 Å². The maximum Gasteiger partial charge on any atom is 0.311 e.